The Balaban J connectivity index is 1.99. The van der Waals surface area contributed by atoms with E-state index in [1.807, 2.05) is 60.7 Å². The fraction of sp³-hybridized carbons (Fsp3) is 0.0455. The van der Waals surface area contributed by atoms with Crippen molar-refractivity contribution in [1.82, 2.24) is 0 Å². The maximum atomic E-state index is 13.1. The number of benzene rings is 3. The van der Waals surface area contributed by atoms with Crippen molar-refractivity contribution in [3.8, 4) is 17.1 Å². The first-order valence-corrected chi connectivity index (χ1v) is 8.10. The lowest BCUT2D eigenvalue weighted by atomic mass is 9.98. The molecular weight excluding hydrogens is 312 g/mol. The fourth-order valence-corrected chi connectivity index (χ4v) is 3.00. The molecule has 0 aliphatic heterocycles. The van der Waals surface area contributed by atoms with Crippen LogP contribution in [0.2, 0.25) is 0 Å². The minimum absolute atomic E-state index is 0.0658. The Kier molecular flexibility index (Phi) is 3.82. The molecule has 1 aromatic heterocycles. The molecule has 0 bridgehead atoms. The Bertz CT molecular complexity index is 1080. The molecule has 1 heterocycles. The van der Waals surface area contributed by atoms with Crippen LogP contribution in [0.5, 0.6) is 5.75 Å². The van der Waals surface area contributed by atoms with Gasteiger partial charge in [-0.05, 0) is 17.7 Å². The molecular formula is C22H16O3. The Morgan fingerprint density at radius 2 is 1.52 bits per heavy atom. The van der Waals surface area contributed by atoms with Crippen molar-refractivity contribution in [2.24, 2.45) is 0 Å². The summed E-state index contributed by atoms with van der Waals surface area (Å²) in [7, 11) is 0. The van der Waals surface area contributed by atoms with Crippen LogP contribution in [0.25, 0.3) is 22.3 Å². The SMILES string of the molecule is O=c1c(Cc2ccccc2)c(-c2ccccc2)oc2cc(O)ccc12. The molecule has 0 atom stereocenters. The molecule has 0 unspecified atom stereocenters. The summed E-state index contributed by atoms with van der Waals surface area (Å²) in [6.45, 7) is 0. The molecule has 0 aliphatic rings. The molecule has 4 rings (SSSR count). The van der Waals surface area contributed by atoms with Gasteiger partial charge in [0, 0.05) is 23.6 Å². The summed E-state index contributed by atoms with van der Waals surface area (Å²) in [6.07, 6.45) is 0.490. The van der Waals surface area contributed by atoms with E-state index in [-0.39, 0.29) is 11.2 Å². The van der Waals surface area contributed by atoms with E-state index >= 15 is 0 Å². The van der Waals surface area contributed by atoms with Gasteiger partial charge in [0.05, 0.1) is 5.39 Å². The molecule has 0 fully saturated rings. The maximum absolute atomic E-state index is 13.1. The average molecular weight is 328 g/mol. The van der Waals surface area contributed by atoms with Crippen LogP contribution in [0.4, 0.5) is 0 Å². The molecule has 3 nitrogen and oxygen atoms in total. The normalized spacial score (nSPS) is 10.9. The predicted molar refractivity (Wildman–Crippen MR) is 98.8 cm³/mol. The van der Waals surface area contributed by atoms with Crippen molar-refractivity contribution < 1.29 is 9.52 Å². The van der Waals surface area contributed by atoms with E-state index in [2.05, 4.69) is 0 Å². The molecule has 3 aromatic carbocycles. The zero-order valence-corrected chi connectivity index (χ0v) is 13.5. The van der Waals surface area contributed by atoms with Crippen molar-refractivity contribution in [1.29, 1.82) is 0 Å². The number of hydrogen-bond donors (Lipinski definition) is 1. The summed E-state index contributed by atoms with van der Waals surface area (Å²) in [5, 5.41) is 10.2. The van der Waals surface area contributed by atoms with Gasteiger partial charge in [-0.15, -0.1) is 0 Å². The van der Waals surface area contributed by atoms with Crippen molar-refractivity contribution >= 4 is 11.0 Å². The molecule has 0 aliphatic carbocycles. The summed E-state index contributed by atoms with van der Waals surface area (Å²) in [5.41, 5.74) is 2.83. The van der Waals surface area contributed by atoms with Crippen molar-refractivity contribution in [3.05, 3.63) is 100 Å². The molecule has 1 N–H and O–H groups in total. The van der Waals surface area contributed by atoms with Gasteiger partial charge < -0.3 is 9.52 Å². The van der Waals surface area contributed by atoms with E-state index in [0.717, 1.165) is 11.1 Å². The average Bonchev–Trinajstić information content (AvgIpc) is 2.65. The Hall–Kier alpha value is -3.33. The quantitative estimate of drug-likeness (QED) is 0.590. The standard InChI is InChI=1S/C22H16O3/c23-17-11-12-18-20(14-17)25-22(16-9-5-2-6-10-16)19(21(18)24)13-15-7-3-1-4-8-15/h1-12,14,23H,13H2. The molecule has 0 amide bonds. The zero-order chi connectivity index (χ0) is 17.2. The molecule has 25 heavy (non-hydrogen) atoms. The monoisotopic (exact) mass is 328 g/mol. The summed E-state index contributed by atoms with van der Waals surface area (Å²) in [6, 6.07) is 24.0. The molecule has 122 valence electrons. The van der Waals surface area contributed by atoms with Crippen LogP contribution in [-0.4, -0.2) is 5.11 Å². The lowest BCUT2D eigenvalue weighted by molar-refractivity contribution is 0.474. The van der Waals surface area contributed by atoms with Crippen LogP contribution in [0.3, 0.4) is 0 Å². The predicted octanol–water partition coefficient (Wildman–Crippen LogP) is 4.76. The first-order chi connectivity index (χ1) is 12.2. The van der Waals surface area contributed by atoms with Crippen LogP contribution in [0.1, 0.15) is 11.1 Å². The summed E-state index contributed by atoms with van der Waals surface area (Å²) < 4.78 is 6.05. The van der Waals surface area contributed by atoms with Gasteiger partial charge in [0.15, 0.2) is 5.43 Å². The van der Waals surface area contributed by atoms with Gasteiger partial charge in [-0.1, -0.05) is 60.7 Å². The number of rotatable bonds is 3. The van der Waals surface area contributed by atoms with Crippen LogP contribution in [-0.2, 0) is 6.42 Å². The third kappa shape index (κ3) is 2.92. The highest BCUT2D eigenvalue weighted by molar-refractivity contribution is 5.81. The van der Waals surface area contributed by atoms with Crippen LogP contribution < -0.4 is 5.43 Å². The van der Waals surface area contributed by atoms with Gasteiger partial charge >= 0.3 is 0 Å². The van der Waals surface area contributed by atoms with Gasteiger partial charge in [-0.2, -0.15) is 0 Å². The summed E-state index contributed by atoms with van der Waals surface area (Å²) in [4.78, 5) is 13.1. The van der Waals surface area contributed by atoms with Gasteiger partial charge in [0.25, 0.3) is 0 Å². The van der Waals surface area contributed by atoms with E-state index in [4.69, 9.17) is 4.42 Å². The minimum atomic E-state index is -0.0658. The Morgan fingerprint density at radius 3 is 2.24 bits per heavy atom. The van der Waals surface area contributed by atoms with Crippen molar-refractivity contribution in [3.63, 3.8) is 0 Å². The summed E-state index contributed by atoms with van der Waals surface area (Å²) in [5.74, 6) is 0.623. The first-order valence-electron chi connectivity index (χ1n) is 8.10. The number of phenols is 1. The van der Waals surface area contributed by atoms with E-state index in [1.54, 1.807) is 6.07 Å². The lowest BCUT2D eigenvalue weighted by Gasteiger charge is -2.11. The molecule has 0 saturated carbocycles. The van der Waals surface area contributed by atoms with Gasteiger partial charge in [-0.25, -0.2) is 0 Å². The molecule has 0 radical (unpaired) electrons. The fourth-order valence-electron chi connectivity index (χ4n) is 3.00. The molecule has 4 aromatic rings. The zero-order valence-electron chi connectivity index (χ0n) is 13.5. The number of fused-ring (bicyclic) bond motifs is 1. The minimum Gasteiger partial charge on any atom is -0.508 e. The second-order valence-corrected chi connectivity index (χ2v) is 5.95. The molecule has 0 spiro atoms. The first kappa shape index (κ1) is 15.2. The van der Waals surface area contributed by atoms with E-state index in [1.165, 1.54) is 12.1 Å². The highest BCUT2D eigenvalue weighted by Gasteiger charge is 2.16. The van der Waals surface area contributed by atoms with Gasteiger partial charge in [0.1, 0.15) is 17.1 Å². The Morgan fingerprint density at radius 1 is 0.840 bits per heavy atom. The van der Waals surface area contributed by atoms with E-state index in [0.29, 0.717) is 28.7 Å². The van der Waals surface area contributed by atoms with Gasteiger partial charge in [-0.3, -0.25) is 4.79 Å². The van der Waals surface area contributed by atoms with Crippen molar-refractivity contribution in [2.75, 3.05) is 0 Å². The smallest absolute Gasteiger partial charge is 0.196 e. The van der Waals surface area contributed by atoms with Gasteiger partial charge in [0.2, 0.25) is 0 Å². The lowest BCUT2D eigenvalue weighted by Crippen LogP contribution is -2.11. The van der Waals surface area contributed by atoms with E-state index < -0.39 is 0 Å². The second kappa shape index (κ2) is 6.29. The van der Waals surface area contributed by atoms with E-state index in [9.17, 15) is 9.90 Å². The topological polar surface area (TPSA) is 50.4 Å². The van der Waals surface area contributed by atoms with Crippen molar-refractivity contribution in [2.45, 2.75) is 6.42 Å². The summed E-state index contributed by atoms with van der Waals surface area (Å²) >= 11 is 0. The third-order valence-electron chi connectivity index (χ3n) is 4.23. The molecule has 3 heteroatoms. The number of hydrogen-bond acceptors (Lipinski definition) is 3. The molecule has 0 saturated heterocycles. The Labute approximate surface area is 144 Å². The highest BCUT2D eigenvalue weighted by atomic mass is 16.3. The third-order valence-corrected chi connectivity index (χ3v) is 4.23. The van der Waals surface area contributed by atoms with Crippen LogP contribution in [0, 0.1) is 0 Å². The highest BCUT2D eigenvalue weighted by Crippen LogP contribution is 2.28. The number of phenolic OH excluding ortho intramolecular Hbond substituents is 1. The largest absolute Gasteiger partial charge is 0.508 e. The second-order valence-electron chi connectivity index (χ2n) is 5.95. The van der Waals surface area contributed by atoms with Crippen LogP contribution >= 0.6 is 0 Å². The number of aromatic hydroxyl groups is 1. The maximum Gasteiger partial charge on any atom is 0.196 e. The van der Waals surface area contributed by atoms with Crippen LogP contribution in [0.15, 0.2) is 88.1 Å².